The van der Waals surface area contributed by atoms with E-state index in [1.807, 2.05) is 20.8 Å². The van der Waals surface area contributed by atoms with Gasteiger partial charge in [-0.15, -0.1) is 0 Å². The summed E-state index contributed by atoms with van der Waals surface area (Å²) in [5, 5.41) is 18.3. The van der Waals surface area contributed by atoms with Gasteiger partial charge < -0.3 is 5.32 Å². The molecule has 0 saturated carbocycles. The maximum absolute atomic E-state index is 11.1. The lowest BCUT2D eigenvalue weighted by Crippen LogP contribution is -2.08. The third-order valence-corrected chi connectivity index (χ3v) is 3.16. The van der Waals surface area contributed by atoms with Gasteiger partial charge in [-0.05, 0) is 32.4 Å². The van der Waals surface area contributed by atoms with Gasteiger partial charge in [0, 0.05) is 18.8 Å². The van der Waals surface area contributed by atoms with E-state index in [1.165, 1.54) is 10.7 Å². The lowest BCUT2D eigenvalue weighted by atomic mass is 10.2. The molecule has 2 aromatic heterocycles. The highest BCUT2D eigenvalue weighted by molar-refractivity contribution is 5.53. The van der Waals surface area contributed by atoms with Crippen molar-refractivity contribution in [2.75, 3.05) is 12.4 Å². The summed E-state index contributed by atoms with van der Waals surface area (Å²) < 4.78 is 1.52. The fraction of sp³-hybridized carbons (Fsp3) is 0.333. The average molecular weight is 261 g/mol. The van der Waals surface area contributed by atoms with E-state index in [1.54, 1.807) is 13.1 Å². The highest BCUT2D eigenvalue weighted by Crippen LogP contribution is 2.25. The highest BCUT2D eigenvalue weighted by atomic mass is 16.6. The van der Waals surface area contributed by atoms with E-state index in [0.29, 0.717) is 5.82 Å². The van der Waals surface area contributed by atoms with E-state index < -0.39 is 4.92 Å². The Morgan fingerprint density at radius 3 is 2.47 bits per heavy atom. The number of rotatable bonds is 3. The first-order chi connectivity index (χ1) is 8.95. The SMILES string of the molecule is CNc1ccc([N+](=O)[O-])c(-n2nc(C)c(C)c2C)n1. The molecule has 100 valence electrons. The Morgan fingerprint density at radius 1 is 1.32 bits per heavy atom. The fourth-order valence-electron chi connectivity index (χ4n) is 1.81. The van der Waals surface area contributed by atoms with Gasteiger partial charge in [-0.1, -0.05) is 0 Å². The maximum atomic E-state index is 11.1. The van der Waals surface area contributed by atoms with Crippen molar-refractivity contribution in [1.29, 1.82) is 0 Å². The Bertz CT molecular complexity index is 648. The molecule has 0 aliphatic rings. The number of aryl methyl sites for hydroxylation is 1. The Morgan fingerprint density at radius 2 is 2.00 bits per heavy atom. The Kier molecular flexibility index (Phi) is 3.20. The molecule has 7 heteroatoms. The minimum atomic E-state index is -0.451. The van der Waals surface area contributed by atoms with Crippen molar-refractivity contribution in [3.63, 3.8) is 0 Å². The average Bonchev–Trinajstić information content (AvgIpc) is 2.65. The number of pyridine rings is 1. The van der Waals surface area contributed by atoms with Gasteiger partial charge in [-0.2, -0.15) is 5.10 Å². The molecule has 2 rings (SSSR count). The number of aromatic nitrogens is 3. The van der Waals surface area contributed by atoms with Crippen LogP contribution in [0.15, 0.2) is 12.1 Å². The molecular formula is C12H15N5O2. The zero-order chi connectivity index (χ0) is 14.2. The summed E-state index contributed by atoms with van der Waals surface area (Å²) in [6, 6.07) is 3.00. The Labute approximate surface area is 110 Å². The van der Waals surface area contributed by atoms with E-state index in [0.717, 1.165) is 17.0 Å². The van der Waals surface area contributed by atoms with Gasteiger partial charge in [0.25, 0.3) is 0 Å². The normalized spacial score (nSPS) is 10.5. The van der Waals surface area contributed by atoms with Gasteiger partial charge in [-0.3, -0.25) is 10.1 Å². The van der Waals surface area contributed by atoms with E-state index in [-0.39, 0.29) is 11.5 Å². The van der Waals surface area contributed by atoms with Crippen molar-refractivity contribution >= 4 is 11.5 Å². The lowest BCUT2D eigenvalue weighted by molar-refractivity contribution is -0.384. The second kappa shape index (κ2) is 4.68. The molecule has 0 amide bonds. The largest absolute Gasteiger partial charge is 0.373 e. The number of nitrogens with one attached hydrogen (secondary N) is 1. The number of nitrogens with zero attached hydrogens (tertiary/aromatic N) is 4. The Hall–Kier alpha value is -2.44. The van der Waals surface area contributed by atoms with Crippen molar-refractivity contribution in [3.8, 4) is 5.82 Å². The van der Waals surface area contributed by atoms with E-state index >= 15 is 0 Å². The summed E-state index contributed by atoms with van der Waals surface area (Å²) in [6.07, 6.45) is 0. The third-order valence-electron chi connectivity index (χ3n) is 3.16. The summed E-state index contributed by atoms with van der Waals surface area (Å²) in [4.78, 5) is 14.9. The molecule has 0 saturated heterocycles. The molecule has 7 nitrogen and oxygen atoms in total. The van der Waals surface area contributed by atoms with Crippen LogP contribution in [0.1, 0.15) is 17.0 Å². The molecule has 0 atom stereocenters. The van der Waals surface area contributed by atoms with Crippen LogP contribution in [0.2, 0.25) is 0 Å². The second-order valence-corrected chi connectivity index (χ2v) is 4.25. The minimum Gasteiger partial charge on any atom is -0.373 e. The van der Waals surface area contributed by atoms with Crippen LogP contribution >= 0.6 is 0 Å². The summed E-state index contributed by atoms with van der Waals surface area (Å²) in [5.41, 5.74) is 2.63. The summed E-state index contributed by atoms with van der Waals surface area (Å²) in [6.45, 7) is 5.67. The standard InChI is InChI=1S/C12H15N5O2/c1-7-8(2)15-16(9(7)3)12-10(17(18)19)5-6-11(13-4)14-12/h5-6H,1-4H3,(H,13,14). The number of hydrogen-bond donors (Lipinski definition) is 1. The smallest absolute Gasteiger partial charge is 0.313 e. The maximum Gasteiger partial charge on any atom is 0.313 e. The summed E-state index contributed by atoms with van der Waals surface area (Å²) >= 11 is 0. The summed E-state index contributed by atoms with van der Waals surface area (Å²) in [7, 11) is 1.71. The third kappa shape index (κ3) is 2.14. The zero-order valence-electron chi connectivity index (χ0n) is 11.3. The molecule has 19 heavy (non-hydrogen) atoms. The first-order valence-corrected chi connectivity index (χ1v) is 5.82. The van der Waals surface area contributed by atoms with Crippen LogP contribution in [-0.2, 0) is 0 Å². The van der Waals surface area contributed by atoms with Crippen LogP contribution in [0.3, 0.4) is 0 Å². The van der Waals surface area contributed by atoms with Gasteiger partial charge in [-0.25, -0.2) is 9.67 Å². The second-order valence-electron chi connectivity index (χ2n) is 4.25. The van der Waals surface area contributed by atoms with Crippen molar-refractivity contribution < 1.29 is 4.92 Å². The van der Waals surface area contributed by atoms with Crippen LogP contribution in [0.4, 0.5) is 11.5 Å². The van der Waals surface area contributed by atoms with Gasteiger partial charge >= 0.3 is 5.69 Å². The molecule has 0 aromatic carbocycles. The van der Waals surface area contributed by atoms with Gasteiger partial charge in [0.1, 0.15) is 5.82 Å². The van der Waals surface area contributed by atoms with Gasteiger partial charge in [0.2, 0.25) is 5.82 Å². The molecule has 0 bridgehead atoms. The van der Waals surface area contributed by atoms with Crippen molar-refractivity contribution in [2.45, 2.75) is 20.8 Å². The van der Waals surface area contributed by atoms with E-state index in [2.05, 4.69) is 15.4 Å². The predicted molar refractivity (Wildman–Crippen MR) is 71.8 cm³/mol. The van der Waals surface area contributed by atoms with E-state index in [4.69, 9.17) is 0 Å². The molecule has 0 aliphatic carbocycles. The fourth-order valence-corrected chi connectivity index (χ4v) is 1.81. The molecule has 1 N–H and O–H groups in total. The van der Waals surface area contributed by atoms with Gasteiger partial charge in [0.05, 0.1) is 10.6 Å². The minimum absolute atomic E-state index is 0.0652. The Balaban J connectivity index is 2.71. The predicted octanol–water partition coefficient (Wildman–Crippen LogP) is 2.14. The molecule has 0 aliphatic heterocycles. The first kappa shape index (κ1) is 13.0. The van der Waals surface area contributed by atoms with Crippen LogP contribution in [0.5, 0.6) is 0 Å². The van der Waals surface area contributed by atoms with Crippen LogP contribution < -0.4 is 5.32 Å². The number of anilines is 1. The van der Waals surface area contributed by atoms with Crippen LogP contribution in [0.25, 0.3) is 5.82 Å². The van der Waals surface area contributed by atoms with Crippen molar-refractivity contribution in [1.82, 2.24) is 14.8 Å². The van der Waals surface area contributed by atoms with Crippen molar-refractivity contribution in [2.24, 2.45) is 0 Å². The van der Waals surface area contributed by atoms with Crippen molar-refractivity contribution in [3.05, 3.63) is 39.2 Å². The zero-order valence-corrected chi connectivity index (χ0v) is 11.3. The molecule has 2 heterocycles. The molecule has 2 aromatic rings. The molecule has 0 fully saturated rings. The molecule has 0 spiro atoms. The quantitative estimate of drug-likeness (QED) is 0.675. The first-order valence-electron chi connectivity index (χ1n) is 5.82. The van der Waals surface area contributed by atoms with Crippen LogP contribution in [0, 0.1) is 30.9 Å². The highest BCUT2D eigenvalue weighted by Gasteiger charge is 2.21. The number of hydrogen-bond acceptors (Lipinski definition) is 5. The molecule has 0 unspecified atom stereocenters. The van der Waals surface area contributed by atoms with Crippen LogP contribution in [-0.4, -0.2) is 26.7 Å². The van der Waals surface area contributed by atoms with Gasteiger partial charge in [0.15, 0.2) is 0 Å². The lowest BCUT2D eigenvalue weighted by Gasteiger charge is -2.07. The molecular weight excluding hydrogens is 246 g/mol. The topological polar surface area (TPSA) is 85.9 Å². The number of nitro groups is 1. The monoisotopic (exact) mass is 261 g/mol. The summed E-state index contributed by atoms with van der Waals surface area (Å²) in [5.74, 6) is 0.788. The van der Waals surface area contributed by atoms with E-state index in [9.17, 15) is 10.1 Å². The molecule has 0 radical (unpaired) electrons.